The number of aromatic hydroxyl groups is 1. The monoisotopic (exact) mass is 624 g/mol. The van der Waals surface area contributed by atoms with Crippen LogP contribution in [0, 0.1) is 0 Å². The minimum Gasteiger partial charge on any atom is -0.508 e. The molecule has 11 nitrogen and oxygen atoms in total. The zero-order valence-corrected chi connectivity index (χ0v) is 25.5. The van der Waals surface area contributed by atoms with Crippen LogP contribution in [0.5, 0.6) is 5.75 Å². The highest BCUT2D eigenvalue weighted by molar-refractivity contribution is 5.95. The van der Waals surface area contributed by atoms with Crippen LogP contribution in [0.4, 0.5) is 0 Å². The van der Waals surface area contributed by atoms with Gasteiger partial charge in [0.25, 0.3) is 0 Å². The Kier molecular flexibility index (Phi) is 10.7. The Bertz CT molecular complexity index is 1660. The van der Waals surface area contributed by atoms with Crippen LogP contribution in [0.2, 0.25) is 0 Å². The molecule has 1 aliphatic rings. The highest BCUT2D eigenvalue weighted by atomic mass is 16.3. The molecule has 8 N–H and O–H groups in total. The van der Waals surface area contributed by atoms with Gasteiger partial charge in [-0.1, -0.05) is 60.7 Å². The molecular weight excluding hydrogens is 584 g/mol. The average Bonchev–Trinajstić information content (AvgIpc) is 3.47. The number of rotatable bonds is 8. The van der Waals surface area contributed by atoms with E-state index in [1.54, 1.807) is 18.3 Å². The number of phenolic OH excluding ortho intramolecular Hbond substituents is 1. The molecule has 1 saturated heterocycles. The molecule has 4 unspecified atom stereocenters. The normalized spacial score (nSPS) is 20.3. The second kappa shape index (κ2) is 15.2. The number of hydrogen-bond acceptors (Lipinski definition) is 6. The lowest BCUT2D eigenvalue weighted by atomic mass is 10.0. The summed E-state index contributed by atoms with van der Waals surface area (Å²) in [6, 6.07) is 19.7. The predicted octanol–water partition coefficient (Wildman–Crippen LogP) is 1.98. The van der Waals surface area contributed by atoms with E-state index in [0.717, 1.165) is 27.6 Å². The highest BCUT2D eigenvalue weighted by Gasteiger charge is 2.31. The molecule has 240 valence electrons. The number of amides is 4. The molecule has 2 heterocycles. The maximum Gasteiger partial charge on any atom is 0.243 e. The molecule has 4 aromatic rings. The molecule has 4 atom stereocenters. The molecule has 1 fully saturated rings. The minimum atomic E-state index is -1.04. The third kappa shape index (κ3) is 8.51. The zero-order chi connectivity index (χ0) is 32.5. The van der Waals surface area contributed by atoms with E-state index in [1.165, 1.54) is 12.1 Å². The van der Waals surface area contributed by atoms with Crippen molar-refractivity contribution in [1.82, 2.24) is 26.3 Å². The van der Waals surface area contributed by atoms with Crippen molar-refractivity contribution in [3.8, 4) is 5.75 Å². The van der Waals surface area contributed by atoms with E-state index < -0.39 is 41.9 Å². The van der Waals surface area contributed by atoms with Crippen molar-refractivity contribution in [3.05, 3.63) is 102 Å². The van der Waals surface area contributed by atoms with Gasteiger partial charge in [0.2, 0.25) is 23.6 Å². The van der Waals surface area contributed by atoms with Gasteiger partial charge in [0.15, 0.2) is 0 Å². The number of para-hydroxylation sites is 1. The lowest BCUT2D eigenvalue weighted by molar-refractivity contribution is -0.133. The van der Waals surface area contributed by atoms with Crippen LogP contribution < -0.4 is 27.0 Å². The molecule has 0 radical (unpaired) electrons. The van der Waals surface area contributed by atoms with Crippen LogP contribution in [0.15, 0.2) is 85.1 Å². The number of benzene rings is 3. The smallest absolute Gasteiger partial charge is 0.243 e. The van der Waals surface area contributed by atoms with E-state index in [4.69, 9.17) is 5.73 Å². The van der Waals surface area contributed by atoms with Crippen LogP contribution in [-0.4, -0.2) is 64.4 Å². The molecule has 0 spiro atoms. The van der Waals surface area contributed by atoms with Crippen molar-refractivity contribution in [3.63, 3.8) is 0 Å². The van der Waals surface area contributed by atoms with Crippen LogP contribution in [0.1, 0.15) is 36.0 Å². The van der Waals surface area contributed by atoms with Gasteiger partial charge in [0, 0.05) is 36.5 Å². The second-order valence-corrected chi connectivity index (χ2v) is 11.7. The Hall–Kier alpha value is -5.16. The molecule has 0 aliphatic carbocycles. The van der Waals surface area contributed by atoms with Crippen molar-refractivity contribution < 1.29 is 24.3 Å². The average molecular weight is 625 g/mol. The van der Waals surface area contributed by atoms with Gasteiger partial charge in [-0.2, -0.15) is 0 Å². The Balaban J connectivity index is 1.37. The zero-order valence-electron chi connectivity index (χ0n) is 25.5. The largest absolute Gasteiger partial charge is 0.508 e. The quantitative estimate of drug-likeness (QED) is 0.158. The van der Waals surface area contributed by atoms with Crippen molar-refractivity contribution in [2.24, 2.45) is 5.73 Å². The first-order valence-electron chi connectivity index (χ1n) is 15.6. The van der Waals surface area contributed by atoms with Gasteiger partial charge in [-0.05, 0) is 60.6 Å². The highest BCUT2D eigenvalue weighted by Crippen LogP contribution is 2.20. The fraction of sp³-hybridized carbons (Fsp3) is 0.314. The van der Waals surface area contributed by atoms with Crippen molar-refractivity contribution in [2.45, 2.75) is 62.7 Å². The summed E-state index contributed by atoms with van der Waals surface area (Å²) >= 11 is 0. The third-order valence-corrected chi connectivity index (χ3v) is 8.23. The molecule has 1 aliphatic heterocycles. The first-order valence-corrected chi connectivity index (χ1v) is 15.6. The first kappa shape index (κ1) is 32.2. The Morgan fingerprint density at radius 1 is 0.826 bits per heavy atom. The molecule has 0 bridgehead atoms. The van der Waals surface area contributed by atoms with E-state index in [0.29, 0.717) is 19.4 Å². The van der Waals surface area contributed by atoms with Gasteiger partial charge in [-0.25, -0.2) is 0 Å². The van der Waals surface area contributed by atoms with E-state index in [1.807, 2.05) is 54.6 Å². The Morgan fingerprint density at radius 2 is 1.52 bits per heavy atom. The number of aromatic amines is 1. The van der Waals surface area contributed by atoms with E-state index in [-0.39, 0.29) is 37.3 Å². The minimum absolute atomic E-state index is 0.108. The number of nitrogens with two attached hydrogens (primary N) is 1. The number of H-pyrrole nitrogens is 1. The summed E-state index contributed by atoms with van der Waals surface area (Å²) in [6.07, 6.45) is 3.83. The SMILES string of the molecule is NC(Cc1ccc(O)cc1)C(=O)NC1CCCCNC(=O)C(Cc2ccccc2)NC(=O)C(Cc2c[nH]c3ccccc23)NC1=O. The molecule has 1 aromatic heterocycles. The predicted molar refractivity (Wildman–Crippen MR) is 175 cm³/mol. The van der Waals surface area contributed by atoms with E-state index in [2.05, 4.69) is 26.3 Å². The van der Waals surface area contributed by atoms with Gasteiger partial charge < -0.3 is 37.1 Å². The summed E-state index contributed by atoms with van der Waals surface area (Å²) in [5, 5.41) is 21.9. The fourth-order valence-electron chi connectivity index (χ4n) is 5.67. The van der Waals surface area contributed by atoms with Crippen LogP contribution in [0.25, 0.3) is 10.9 Å². The summed E-state index contributed by atoms with van der Waals surface area (Å²) in [7, 11) is 0. The van der Waals surface area contributed by atoms with E-state index in [9.17, 15) is 24.3 Å². The summed E-state index contributed by atoms with van der Waals surface area (Å²) in [4.78, 5) is 57.3. The third-order valence-electron chi connectivity index (χ3n) is 8.23. The molecule has 11 heteroatoms. The van der Waals surface area contributed by atoms with Gasteiger partial charge in [0.1, 0.15) is 23.9 Å². The van der Waals surface area contributed by atoms with Crippen LogP contribution in [0.3, 0.4) is 0 Å². The summed E-state index contributed by atoms with van der Waals surface area (Å²) in [5.41, 5.74) is 9.56. The summed E-state index contributed by atoms with van der Waals surface area (Å²) in [6.45, 7) is 0.349. The topological polar surface area (TPSA) is 178 Å². The molecule has 46 heavy (non-hydrogen) atoms. The summed E-state index contributed by atoms with van der Waals surface area (Å²) in [5.74, 6) is -1.73. The molecule has 4 amide bonds. The molecular formula is C35H40N6O5. The van der Waals surface area contributed by atoms with Gasteiger partial charge in [-0.15, -0.1) is 0 Å². The number of fused-ring (bicyclic) bond motifs is 1. The maximum atomic E-state index is 13.9. The summed E-state index contributed by atoms with van der Waals surface area (Å²) < 4.78 is 0. The fourth-order valence-corrected chi connectivity index (χ4v) is 5.67. The number of phenols is 1. The van der Waals surface area contributed by atoms with E-state index >= 15 is 0 Å². The van der Waals surface area contributed by atoms with Crippen molar-refractivity contribution >= 4 is 34.5 Å². The number of carbonyl (C=O) groups excluding carboxylic acids is 4. The van der Waals surface area contributed by atoms with Gasteiger partial charge in [0.05, 0.1) is 6.04 Å². The maximum absolute atomic E-state index is 13.9. The molecule has 0 saturated carbocycles. The number of hydrogen-bond donors (Lipinski definition) is 7. The standard InChI is InChI=1S/C35H40N6O5/c36-27(18-23-13-15-25(42)16-14-23)32(43)39-29-12-6-7-17-37-33(44)30(19-22-8-2-1-3-9-22)40-35(46)31(41-34(29)45)20-24-21-38-28-11-5-4-10-26(24)28/h1-5,8-11,13-16,21,27,29-31,38,42H,6-7,12,17-20,36H2,(H,37,44)(H,39,43)(H,40,46)(H,41,45). The van der Waals surface area contributed by atoms with Crippen molar-refractivity contribution in [2.75, 3.05) is 6.54 Å². The lowest BCUT2D eigenvalue weighted by Gasteiger charge is -2.25. The first-order chi connectivity index (χ1) is 22.3. The number of carbonyl (C=O) groups is 4. The number of aromatic nitrogens is 1. The van der Waals surface area contributed by atoms with Gasteiger partial charge >= 0.3 is 0 Å². The van der Waals surface area contributed by atoms with Crippen molar-refractivity contribution in [1.29, 1.82) is 0 Å². The Morgan fingerprint density at radius 3 is 2.30 bits per heavy atom. The Labute approximate surface area is 267 Å². The van der Waals surface area contributed by atoms with Gasteiger partial charge in [-0.3, -0.25) is 19.2 Å². The molecule has 3 aromatic carbocycles. The number of nitrogens with one attached hydrogen (secondary N) is 5. The van der Waals surface area contributed by atoms with Crippen LogP contribution in [-0.2, 0) is 38.4 Å². The van der Waals surface area contributed by atoms with Crippen LogP contribution >= 0.6 is 0 Å². The lowest BCUT2D eigenvalue weighted by Crippen LogP contribution is -2.58. The second-order valence-electron chi connectivity index (χ2n) is 11.7. The molecule has 5 rings (SSSR count).